The van der Waals surface area contributed by atoms with Crippen molar-refractivity contribution in [2.24, 2.45) is 0 Å². The Balaban J connectivity index is 2.43. The second-order valence-corrected chi connectivity index (χ2v) is 5.13. The SMILES string of the molecule is Cc1ccncc1C(=O)c1cc(C)c(C)s1. The minimum absolute atomic E-state index is 0.0757. The van der Waals surface area contributed by atoms with Gasteiger partial charge in [0, 0.05) is 22.8 Å². The summed E-state index contributed by atoms with van der Waals surface area (Å²) in [5.41, 5.74) is 2.85. The third kappa shape index (κ3) is 1.91. The van der Waals surface area contributed by atoms with Gasteiger partial charge in [-0.15, -0.1) is 11.3 Å². The Morgan fingerprint density at radius 3 is 2.56 bits per heavy atom. The Morgan fingerprint density at radius 1 is 1.25 bits per heavy atom. The molecule has 82 valence electrons. The van der Waals surface area contributed by atoms with Crippen molar-refractivity contribution in [1.82, 2.24) is 4.98 Å². The molecule has 0 saturated carbocycles. The lowest BCUT2D eigenvalue weighted by Crippen LogP contribution is -2.01. The Morgan fingerprint density at radius 2 is 2.00 bits per heavy atom. The Kier molecular flexibility index (Phi) is 2.88. The Hall–Kier alpha value is -1.48. The third-order valence-electron chi connectivity index (χ3n) is 2.67. The molecule has 0 spiro atoms. The van der Waals surface area contributed by atoms with Gasteiger partial charge in [-0.1, -0.05) is 0 Å². The van der Waals surface area contributed by atoms with E-state index in [0.717, 1.165) is 10.4 Å². The average molecular weight is 231 g/mol. The number of rotatable bonds is 2. The van der Waals surface area contributed by atoms with E-state index in [0.29, 0.717) is 5.56 Å². The Labute approximate surface area is 99.0 Å². The summed E-state index contributed by atoms with van der Waals surface area (Å²) in [7, 11) is 0. The molecule has 0 atom stereocenters. The molecule has 0 fully saturated rings. The minimum Gasteiger partial charge on any atom is -0.288 e. The van der Waals surface area contributed by atoms with Gasteiger partial charge >= 0.3 is 0 Å². The van der Waals surface area contributed by atoms with Gasteiger partial charge in [0.25, 0.3) is 0 Å². The molecular weight excluding hydrogens is 218 g/mol. The summed E-state index contributed by atoms with van der Waals surface area (Å²) in [6.45, 7) is 5.99. The van der Waals surface area contributed by atoms with Crippen LogP contribution in [0.2, 0.25) is 0 Å². The van der Waals surface area contributed by atoms with Crippen LogP contribution in [-0.2, 0) is 0 Å². The maximum atomic E-state index is 12.2. The first-order chi connectivity index (χ1) is 7.59. The quantitative estimate of drug-likeness (QED) is 0.742. The van der Waals surface area contributed by atoms with Gasteiger partial charge in [-0.3, -0.25) is 9.78 Å². The standard InChI is InChI=1S/C13H13NOS/c1-8-4-5-14-7-11(8)13(15)12-6-9(2)10(3)16-12/h4-7H,1-3H3. The molecular formula is C13H13NOS. The monoisotopic (exact) mass is 231 g/mol. The molecule has 2 aromatic heterocycles. The van der Waals surface area contributed by atoms with Crippen LogP contribution in [0.1, 0.15) is 31.2 Å². The van der Waals surface area contributed by atoms with Gasteiger partial charge in [0.15, 0.2) is 0 Å². The van der Waals surface area contributed by atoms with Crippen LogP contribution in [-0.4, -0.2) is 10.8 Å². The molecule has 0 aliphatic heterocycles. The van der Waals surface area contributed by atoms with E-state index in [4.69, 9.17) is 0 Å². The highest BCUT2D eigenvalue weighted by molar-refractivity contribution is 7.14. The van der Waals surface area contributed by atoms with Crippen molar-refractivity contribution in [1.29, 1.82) is 0 Å². The first kappa shape index (κ1) is 11.0. The van der Waals surface area contributed by atoms with Crippen molar-refractivity contribution >= 4 is 17.1 Å². The van der Waals surface area contributed by atoms with Gasteiger partial charge in [-0.25, -0.2) is 0 Å². The fourth-order valence-corrected chi connectivity index (χ4v) is 2.51. The van der Waals surface area contributed by atoms with E-state index in [-0.39, 0.29) is 5.78 Å². The molecule has 0 bridgehead atoms. The highest BCUT2D eigenvalue weighted by Crippen LogP contribution is 2.24. The number of nitrogens with zero attached hydrogens (tertiary/aromatic N) is 1. The number of carbonyl (C=O) groups excluding carboxylic acids is 1. The molecule has 0 unspecified atom stereocenters. The first-order valence-electron chi connectivity index (χ1n) is 5.12. The molecule has 2 aromatic rings. The number of hydrogen-bond acceptors (Lipinski definition) is 3. The number of pyridine rings is 1. The molecule has 0 aliphatic carbocycles. The lowest BCUT2D eigenvalue weighted by Gasteiger charge is -2.00. The van der Waals surface area contributed by atoms with Crippen molar-refractivity contribution in [3.8, 4) is 0 Å². The minimum atomic E-state index is 0.0757. The summed E-state index contributed by atoms with van der Waals surface area (Å²) in [5, 5.41) is 0. The molecule has 16 heavy (non-hydrogen) atoms. The topological polar surface area (TPSA) is 30.0 Å². The molecule has 0 amide bonds. The van der Waals surface area contributed by atoms with Crippen LogP contribution in [0.25, 0.3) is 0 Å². The fraction of sp³-hybridized carbons (Fsp3) is 0.231. The normalized spacial score (nSPS) is 10.4. The summed E-state index contributed by atoms with van der Waals surface area (Å²) in [6.07, 6.45) is 3.35. The molecule has 0 saturated heterocycles. The first-order valence-corrected chi connectivity index (χ1v) is 5.93. The van der Waals surface area contributed by atoms with E-state index < -0.39 is 0 Å². The number of thiophene rings is 1. The predicted octanol–water partition coefficient (Wildman–Crippen LogP) is 3.30. The molecule has 0 N–H and O–H groups in total. The lowest BCUT2D eigenvalue weighted by atomic mass is 10.1. The predicted molar refractivity (Wildman–Crippen MR) is 66.2 cm³/mol. The number of aryl methyl sites for hydroxylation is 3. The van der Waals surface area contributed by atoms with E-state index >= 15 is 0 Å². The van der Waals surface area contributed by atoms with Crippen LogP contribution in [0, 0.1) is 20.8 Å². The van der Waals surface area contributed by atoms with E-state index in [1.54, 1.807) is 23.7 Å². The van der Waals surface area contributed by atoms with Crippen LogP contribution in [0.4, 0.5) is 0 Å². The lowest BCUT2D eigenvalue weighted by molar-refractivity contribution is 0.104. The number of ketones is 1. The zero-order valence-electron chi connectivity index (χ0n) is 9.57. The number of carbonyl (C=O) groups is 1. The molecule has 2 rings (SSSR count). The maximum absolute atomic E-state index is 12.2. The van der Waals surface area contributed by atoms with Gasteiger partial charge in [0.2, 0.25) is 5.78 Å². The smallest absolute Gasteiger partial charge is 0.204 e. The Bertz CT molecular complexity index is 523. The van der Waals surface area contributed by atoms with E-state index in [1.165, 1.54) is 10.4 Å². The second kappa shape index (κ2) is 4.18. The van der Waals surface area contributed by atoms with Gasteiger partial charge < -0.3 is 0 Å². The maximum Gasteiger partial charge on any atom is 0.204 e. The molecule has 0 radical (unpaired) electrons. The van der Waals surface area contributed by atoms with Crippen molar-refractivity contribution in [3.05, 3.63) is 51.0 Å². The van der Waals surface area contributed by atoms with Gasteiger partial charge in [0.1, 0.15) is 0 Å². The van der Waals surface area contributed by atoms with Crippen molar-refractivity contribution in [3.63, 3.8) is 0 Å². The van der Waals surface area contributed by atoms with Crippen molar-refractivity contribution in [2.75, 3.05) is 0 Å². The molecule has 0 aliphatic rings. The number of aromatic nitrogens is 1. The molecule has 3 heteroatoms. The fourth-order valence-electron chi connectivity index (χ4n) is 1.52. The molecule has 2 nitrogen and oxygen atoms in total. The van der Waals surface area contributed by atoms with Crippen LogP contribution in [0.15, 0.2) is 24.5 Å². The van der Waals surface area contributed by atoms with E-state index in [9.17, 15) is 4.79 Å². The summed E-state index contributed by atoms with van der Waals surface area (Å²) < 4.78 is 0. The molecule has 2 heterocycles. The van der Waals surface area contributed by atoms with Gasteiger partial charge in [0.05, 0.1) is 4.88 Å². The van der Waals surface area contributed by atoms with Crippen molar-refractivity contribution < 1.29 is 4.79 Å². The van der Waals surface area contributed by atoms with Gasteiger partial charge in [-0.2, -0.15) is 0 Å². The third-order valence-corrected chi connectivity index (χ3v) is 3.82. The van der Waals surface area contributed by atoms with Crippen LogP contribution in [0.5, 0.6) is 0 Å². The van der Waals surface area contributed by atoms with Crippen LogP contribution < -0.4 is 0 Å². The second-order valence-electron chi connectivity index (χ2n) is 3.87. The van der Waals surface area contributed by atoms with Crippen LogP contribution >= 0.6 is 11.3 Å². The molecule has 0 aromatic carbocycles. The summed E-state index contributed by atoms with van der Waals surface area (Å²) in [4.78, 5) is 18.2. The average Bonchev–Trinajstić information content (AvgIpc) is 2.59. The zero-order valence-corrected chi connectivity index (χ0v) is 10.4. The zero-order chi connectivity index (χ0) is 11.7. The number of hydrogen-bond donors (Lipinski definition) is 0. The summed E-state index contributed by atoms with van der Waals surface area (Å²) >= 11 is 1.55. The van der Waals surface area contributed by atoms with Gasteiger partial charge in [-0.05, 0) is 44.0 Å². The van der Waals surface area contributed by atoms with E-state index in [1.807, 2.05) is 32.9 Å². The van der Waals surface area contributed by atoms with Crippen LogP contribution in [0.3, 0.4) is 0 Å². The largest absolute Gasteiger partial charge is 0.288 e. The van der Waals surface area contributed by atoms with E-state index in [2.05, 4.69) is 4.98 Å². The highest BCUT2D eigenvalue weighted by Gasteiger charge is 2.14. The highest BCUT2D eigenvalue weighted by atomic mass is 32.1. The van der Waals surface area contributed by atoms with Crippen molar-refractivity contribution in [2.45, 2.75) is 20.8 Å². The summed E-state index contributed by atoms with van der Waals surface area (Å²) in [6, 6.07) is 3.81. The summed E-state index contributed by atoms with van der Waals surface area (Å²) in [5.74, 6) is 0.0757.